The monoisotopic (exact) mass is 842 g/mol. The van der Waals surface area contributed by atoms with Crippen LogP contribution in [0, 0.1) is 19.1 Å². The quantitative estimate of drug-likeness (QED) is 0.128. The van der Waals surface area contributed by atoms with E-state index in [9.17, 15) is 0 Å². The first-order valence-corrected chi connectivity index (χ1v) is 22.7. The van der Waals surface area contributed by atoms with E-state index in [2.05, 4.69) is 95.0 Å². The van der Waals surface area contributed by atoms with Crippen molar-refractivity contribution in [3.8, 4) is 33.6 Å². The fourth-order valence-electron chi connectivity index (χ4n) is 5.60. The van der Waals surface area contributed by atoms with Crippen LogP contribution >= 0.6 is 0 Å². The van der Waals surface area contributed by atoms with Crippen LogP contribution in [0.3, 0.4) is 0 Å². The van der Waals surface area contributed by atoms with Gasteiger partial charge in [0.25, 0.3) is 0 Å². The summed E-state index contributed by atoms with van der Waals surface area (Å²) in [6, 6.07) is 41.2. The van der Waals surface area contributed by atoms with Gasteiger partial charge in [-0.3, -0.25) is 0 Å². The minimum atomic E-state index is -1.77. The first-order valence-electron chi connectivity index (χ1n) is 15.8. The van der Waals surface area contributed by atoms with Gasteiger partial charge in [-0.05, 0) is 40.2 Å². The van der Waals surface area contributed by atoms with E-state index in [-0.39, 0.29) is 20.1 Å². The van der Waals surface area contributed by atoms with Gasteiger partial charge in [0.05, 0.1) is 5.58 Å². The van der Waals surface area contributed by atoms with Crippen molar-refractivity contribution < 1.29 is 25.9 Å². The summed E-state index contributed by atoms with van der Waals surface area (Å²) in [5, 5.41) is 2.12. The van der Waals surface area contributed by atoms with Crippen LogP contribution in [0.15, 0.2) is 120 Å². The maximum absolute atomic E-state index is 8.27. The summed E-state index contributed by atoms with van der Waals surface area (Å²) in [6.07, 6.45) is 3.83. The molecule has 3 nitrogen and oxygen atoms in total. The zero-order chi connectivity index (χ0) is 32.5. The number of benzene rings is 4. The number of hydrogen-bond acceptors (Lipinski definition) is 3. The van der Waals surface area contributed by atoms with Crippen molar-refractivity contribution in [2.45, 2.75) is 43.9 Å². The molecule has 4 aromatic carbocycles. The minimum absolute atomic E-state index is 0. The van der Waals surface area contributed by atoms with Gasteiger partial charge in [0.15, 0.2) is 0 Å². The molecule has 46 heavy (non-hydrogen) atoms. The molecule has 7 aromatic rings. The van der Waals surface area contributed by atoms with Crippen LogP contribution in [-0.4, -0.2) is 23.2 Å². The Morgan fingerprint density at radius 2 is 1.48 bits per heavy atom. The molecule has 0 aliphatic rings. The van der Waals surface area contributed by atoms with E-state index in [4.69, 9.17) is 5.79 Å². The van der Waals surface area contributed by atoms with Crippen molar-refractivity contribution in [2.75, 3.05) is 0 Å². The third-order valence-corrected chi connectivity index (χ3v) is 12.5. The smallest absolute Gasteiger partial charge is 0.124 e. The van der Waals surface area contributed by atoms with E-state index >= 15 is 0 Å². The minimum Gasteiger partial charge on any atom is -0.476 e. The van der Waals surface area contributed by atoms with Gasteiger partial charge in [-0.15, -0.1) is 17.7 Å². The second-order valence-corrected chi connectivity index (χ2v) is 23.2. The van der Waals surface area contributed by atoms with Gasteiger partial charge in [0.1, 0.15) is 5.58 Å². The summed E-state index contributed by atoms with van der Waals surface area (Å²) in [5.41, 5.74) is 10.0. The molecule has 3 aromatic heterocycles. The molecule has 1 radical (unpaired) electrons. The molecule has 0 amide bonds. The van der Waals surface area contributed by atoms with Crippen LogP contribution in [0.2, 0.25) is 17.3 Å². The molecule has 0 N–H and O–H groups in total. The molecule has 3 heterocycles. The number of aryl methyl sites for hydroxylation is 1. The Morgan fingerprint density at radius 3 is 2.17 bits per heavy atom. The number of fused-ring (bicyclic) bond motifs is 3. The molecule has 0 spiro atoms. The maximum Gasteiger partial charge on any atom is 0.124 e. The van der Waals surface area contributed by atoms with Crippen molar-refractivity contribution in [2.24, 2.45) is 0 Å². The predicted octanol–water partition coefficient (Wildman–Crippen LogP) is 10.6. The molecule has 233 valence electrons. The third-order valence-electron chi connectivity index (χ3n) is 8.03. The molecule has 5 heteroatoms. The number of hydrogen-bond donors (Lipinski definition) is 0. The number of pyridine rings is 2. The van der Waals surface area contributed by atoms with Gasteiger partial charge in [-0.1, -0.05) is 79.4 Å². The van der Waals surface area contributed by atoms with Crippen LogP contribution in [0.4, 0.5) is 0 Å². The molecule has 0 fully saturated rings. The second kappa shape index (κ2) is 14.3. The van der Waals surface area contributed by atoms with Gasteiger partial charge in [-0.25, -0.2) is 0 Å². The van der Waals surface area contributed by atoms with E-state index in [1.165, 1.54) is 15.5 Å². The molecule has 0 saturated carbocycles. The SMILES string of the molecule is Cc1cc(-c2[c-]cccc2)nc[c]1[Ge]([CH3])([CH3])[CH3].[2H]C(C)(C)c1ccnc(-c2[c-]cc3c(c2)oc2cc(-c4ccccc4)ccc23)c1.[Ir]. The van der Waals surface area contributed by atoms with Crippen LogP contribution in [-0.2, 0) is 20.1 Å². The Balaban J connectivity index is 0.000000207. The molecule has 0 aliphatic carbocycles. The van der Waals surface area contributed by atoms with Crippen LogP contribution < -0.4 is 4.40 Å². The normalized spacial score (nSPS) is 11.8. The summed E-state index contributed by atoms with van der Waals surface area (Å²) < 4.78 is 16.0. The van der Waals surface area contributed by atoms with Crippen molar-refractivity contribution >= 4 is 39.6 Å². The van der Waals surface area contributed by atoms with Crippen LogP contribution in [0.5, 0.6) is 0 Å². The molecule has 0 saturated heterocycles. The van der Waals surface area contributed by atoms with Crippen molar-refractivity contribution in [3.63, 3.8) is 0 Å². The second-order valence-electron chi connectivity index (χ2n) is 12.6. The summed E-state index contributed by atoms with van der Waals surface area (Å²) in [4.78, 5) is 9.07. The summed E-state index contributed by atoms with van der Waals surface area (Å²) in [7, 11) is 0. The summed E-state index contributed by atoms with van der Waals surface area (Å²) in [5.74, 6) is 6.53. The molecule has 7 rings (SSSR count). The number of furan rings is 1. The van der Waals surface area contributed by atoms with Crippen LogP contribution in [0.25, 0.3) is 55.6 Å². The van der Waals surface area contributed by atoms with Crippen molar-refractivity contribution in [1.82, 2.24) is 9.97 Å². The summed E-state index contributed by atoms with van der Waals surface area (Å²) in [6.45, 7) is 5.95. The average molecular weight is 841 g/mol. The Kier molecular flexibility index (Phi) is 9.98. The standard InChI is InChI=1S/C26H20NO.C15H18GeN.Ir/c1-17(2)19-12-13-27-24(14-19)21-9-11-23-22-10-8-20(18-6-4-3-5-7-18)15-25(22)28-26(23)16-21;1-12-10-15(13-8-6-5-7-9-13)17-11-14(12)16(2,3)4;/h3-8,10-17H,1-2H3;5-8,10-11H,1-4H3;/q2*-1;/i17D;;. The molecular formula is C41H38GeIrN2O-2. The van der Waals surface area contributed by atoms with Crippen LogP contribution in [0.1, 0.15) is 32.2 Å². The van der Waals surface area contributed by atoms with E-state index < -0.39 is 19.2 Å². The van der Waals surface area contributed by atoms with E-state index in [0.717, 1.165) is 55.6 Å². The Labute approximate surface area is 290 Å². The third kappa shape index (κ3) is 7.42. The predicted molar refractivity (Wildman–Crippen MR) is 192 cm³/mol. The van der Waals surface area contributed by atoms with E-state index in [0.29, 0.717) is 0 Å². The molecule has 0 bridgehead atoms. The van der Waals surface area contributed by atoms with Gasteiger partial charge in [0.2, 0.25) is 0 Å². The molecule has 0 atom stereocenters. The summed E-state index contributed by atoms with van der Waals surface area (Å²) >= 11 is -1.77. The molecular weight excluding hydrogens is 801 g/mol. The Hall–Kier alpha value is -3.83. The Morgan fingerprint density at radius 1 is 0.739 bits per heavy atom. The Bertz CT molecular complexity index is 2130. The number of nitrogens with zero attached hydrogens (tertiary/aromatic N) is 2. The fraction of sp³-hybridized carbons (Fsp3) is 0.171. The number of rotatable bonds is 5. The molecule has 0 aliphatic heterocycles. The topological polar surface area (TPSA) is 38.9 Å². The average Bonchev–Trinajstić information content (AvgIpc) is 3.42. The van der Waals surface area contributed by atoms with Gasteiger partial charge in [0, 0.05) is 27.7 Å². The van der Waals surface area contributed by atoms with Gasteiger partial charge >= 0.3 is 106 Å². The van der Waals surface area contributed by atoms with E-state index in [1.807, 2.05) is 74.5 Å². The van der Waals surface area contributed by atoms with E-state index in [1.54, 1.807) is 6.20 Å². The number of aromatic nitrogens is 2. The zero-order valence-electron chi connectivity index (χ0n) is 28.1. The van der Waals surface area contributed by atoms with Crippen molar-refractivity contribution in [3.05, 3.63) is 139 Å². The fourth-order valence-corrected chi connectivity index (χ4v) is 9.18. The largest absolute Gasteiger partial charge is 0.476 e. The van der Waals surface area contributed by atoms with Gasteiger partial charge in [-0.2, -0.15) is 0 Å². The van der Waals surface area contributed by atoms with Crippen molar-refractivity contribution in [1.29, 1.82) is 0 Å². The first-order chi connectivity index (χ1) is 22.0. The maximum atomic E-state index is 8.27. The zero-order valence-corrected chi connectivity index (χ0v) is 31.6. The van der Waals surface area contributed by atoms with Gasteiger partial charge < -0.3 is 9.40 Å². The molecule has 0 unspecified atom stereocenters. The first kappa shape index (κ1) is 32.1.